The molecule has 0 saturated carbocycles. The maximum atomic E-state index is 11.4. The van der Waals surface area contributed by atoms with Gasteiger partial charge < -0.3 is 13.3 Å². The summed E-state index contributed by atoms with van der Waals surface area (Å²) < 4.78 is 17.1. The summed E-state index contributed by atoms with van der Waals surface area (Å²) >= 11 is 0. The van der Waals surface area contributed by atoms with Crippen LogP contribution >= 0.6 is 0 Å². The van der Waals surface area contributed by atoms with Crippen molar-refractivity contribution in [1.29, 1.82) is 0 Å². The molecule has 0 unspecified atom stereocenters. The molecule has 0 amide bonds. The van der Waals surface area contributed by atoms with E-state index in [1.807, 2.05) is 0 Å². The fraction of sp³-hybridized carbons (Fsp3) is 0.769. The topological polar surface area (TPSA) is 44.8 Å². The van der Waals surface area contributed by atoms with Crippen LogP contribution in [0.2, 0.25) is 31.2 Å². The Morgan fingerprint density at radius 1 is 1.21 bits per heavy atom. The Hall–Kier alpha value is -0.436. The van der Waals surface area contributed by atoms with E-state index in [4.69, 9.17) is 13.3 Å². The summed E-state index contributed by atoms with van der Waals surface area (Å²) in [6, 6.07) is 2.83. The van der Waals surface area contributed by atoms with Gasteiger partial charge in [-0.2, -0.15) is 0 Å². The van der Waals surface area contributed by atoms with Gasteiger partial charge in [0.1, 0.15) is 0 Å². The normalized spacial score (nSPS) is 12.3. The zero-order valence-electron chi connectivity index (χ0n) is 13.2. The molecule has 0 aliphatic carbocycles. The molecule has 0 rings (SSSR count). The molecule has 0 spiro atoms. The van der Waals surface area contributed by atoms with Gasteiger partial charge in [-0.1, -0.05) is 20.4 Å². The highest BCUT2D eigenvalue weighted by atomic mass is 28.4. The molecule has 19 heavy (non-hydrogen) atoms. The maximum Gasteiger partial charge on any atom is 0.333 e. The Bertz CT molecular complexity index is 312. The molecule has 0 saturated heterocycles. The van der Waals surface area contributed by atoms with Crippen molar-refractivity contribution in [2.24, 2.45) is 0 Å². The monoisotopic (exact) mass is 304 g/mol. The fourth-order valence-corrected chi connectivity index (χ4v) is 9.56. The van der Waals surface area contributed by atoms with E-state index in [0.717, 1.165) is 18.1 Å². The lowest BCUT2D eigenvalue weighted by Crippen LogP contribution is -2.49. The van der Waals surface area contributed by atoms with E-state index in [1.165, 1.54) is 0 Å². The average molecular weight is 305 g/mol. The van der Waals surface area contributed by atoms with Crippen LogP contribution in [0.15, 0.2) is 12.2 Å². The molecule has 0 heterocycles. The molecule has 4 nitrogen and oxygen atoms in total. The van der Waals surface area contributed by atoms with Gasteiger partial charge in [0.25, 0.3) is 0 Å². The number of ether oxygens (including phenoxy) is 1. The molecule has 112 valence electrons. The van der Waals surface area contributed by atoms with E-state index in [9.17, 15) is 4.79 Å². The van der Waals surface area contributed by atoms with Gasteiger partial charge in [0.15, 0.2) is 8.32 Å². The summed E-state index contributed by atoms with van der Waals surface area (Å²) in [7, 11) is -2.22. The predicted octanol–water partition coefficient (Wildman–Crippen LogP) is 3.46. The van der Waals surface area contributed by atoms with Crippen molar-refractivity contribution in [3.8, 4) is 0 Å². The molecule has 0 aromatic rings. The van der Waals surface area contributed by atoms with E-state index in [-0.39, 0.29) is 5.97 Å². The highest BCUT2D eigenvalue weighted by Crippen LogP contribution is 2.26. The molecule has 0 bridgehead atoms. The van der Waals surface area contributed by atoms with Gasteiger partial charge >= 0.3 is 14.5 Å². The van der Waals surface area contributed by atoms with Crippen LogP contribution in [-0.2, 0) is 18.1 Å². The van der Waals surface area contributed by atoms with Crippen LogP contribution in [0.1, 0.15) is 20.8 Å². The number of carbonyl (C=O) groups excluding carboxylic acids is 1. The van der Waals surface area contributed by atoms with Crippen molar-refractivity contribution in [2.45, 2.75) is 52.0 Å². The minimum atomic E-state index is -2.05. The second kappa shape index (κ2) is 7.99. The van der Waals surface area contributed by atoms with Crippen molar-refractivity contribution in [2.75, 3.05) is 13.7 Å². The lowest BCUT2D eigenvalue weighted by atomic mass is 10.4. The fourth-order valence-electron chi connectivity index (χ4n) is 1.81. The minimum Gasteiger partial charge on any atom is -0.463 e. The second-order valence-electron chi connectivity index (χ2n) is 5.26. The largest absolute Gasteiger partial charge is 0.463 e. The van der Waals surface area contributed by atoms with Gasteiger partial charge in [-0.15, -0.1) is 0 Å². The Morgan fingerprint density at radius 3 is 2.11 bits per heavy atom. The number of rotatable bonds is 9. The zero-order valence-corrected chi connectivity index (χ0v) is 15.2. The van der Waals surface area contributed by atoms with E-state index in [1.54, 1.807) is 14.0 Å². The Balaban J connectivity index is 4.55. The highest BCUT2D eigenvalue weighted by Gasteiger charge is 2.38. The quantitative estimate of drug-likeness (QED) is 0.372. The first-order valence-corrected chi connectivity index (χ1v) is 12.1. The first-order chi connectivity index (χ1) is 8.72. The van der Waals surface area contributed by atoms with E-state index >= 15 is 0 Å². The smallest absolute Gasteiger partial charge is 0.333 e. The molecule has 0 fully saturated rings. The van der Waals surface area contributed by atoms with Crippen LogP contribution < -0.4 is 0 Å². The van der Waals surface area contributed by atoms with Crippen molar-refractivity contribution in [3.63, 3.8) is 0 Å². The third-order valence-electron chi connectivity index (χ3n) is 3.38. The summed E-state index contributed by atoms with van der Waals surface area (Å²) in [6.45, 7) is 14.1. The molecule has 0 aliphatic rings. The van der Waals surface area contributed by atoms with Gasteiger partial charge in [-0.3, -0.25) is 0 Å². The van der Waals surface area contributed by atoms with Crippen molar-refractivity contribution >= 4 is 22.8 Å². The summed E-state index contributed by atoms with van der Waals surface area (Å²) in [5.41, 5.74) is 0.438. The molecule has 6 heteroatoms. The molecular weight excluding hydrogens is 276 g/mol. The molecule has 0 aliphatic heterocycles. The lowest BCUT2D eigenvalue weighted by Gasteiger charge is -2.36. The van der Waals surface area contributed by atoms with Crippen LogP contribution in [0, 0.1) is 0 Å². The molecular formula is C13H28O4Si2. The van der Waals surface area contributed by atoms with Gasteiger partial charge in [-0.25, -0.2) is 4.79 Å². The number of hydrogen-bond donors (Lipinski definition) is 0. The summed E-state index contributed by atoms with van der Waals surface area (Å²) in [5, 5.41) is 0. The summed E-state index contributed by atoms with van der Waals surface area (Å²) in [5.74, 6) is -0.321. The van der Waals surface area contributed by atoms with Crippen LogP contribution in [0.3, 0.4) is 0 Å². The van der Waals surface area contributed by atoms with E-state index < -0.39 is 16.9 Å². The third kappa shape index (κ3) is 6.51. The molecule has 0 N–H and O–H groups in total. The second-order valence-corrected chi connectivity index (χ2v) is 13.6. The van der Waals surface area contributed by atoms with Crippen LogP contribution in [0.5, 0.6) is 0 Å². The Kier molecular flexibility index (Phi) is 7.80. The lowest BCUT2D eigenvalue weighted by molar-refractivity contribution is -0.138. The molecule has 0 atom stereocenters. The minimum absolute atomic E-state index is 0.321. The van der Waals surface area contributed by atoms with Gasteiger partial charge in [0.05, 0.1) is 6.61 Å². The average Bonchev–Trinajstić information content (AvgIpc) is 2.37. The predicted molar refractivity (Wildman–Crippen MR) is 82.9 cm³/mol. The van der Waals surface area contributed by atoms with Crippen LogP contribution in [0.4, 0.5) is 0 Å². The van der Waals surface area contributed by atoms with Crippen molar-refractivity contribution in [1.82, 2.24) is 0 Å². The first kappa shape index (κ1) is 18.6. The highest BCUT2D eigenvalue weighted by molar-refractivity contribution is 6.83. The van der Waals surface area contributed by atoms with Crippen LogP contribution in [0.25, 0.3) is 0 Å². The van der Waals surface area contributed by atoms with Gasteiger partial charge in [-0.05, 0) is 32.1 Å². The van der Waals surface area contributed by atoms with E-state index in [0.29, 0.717) is 12.2 Å². The number of hydrogen-bond acceptors (Lipinski definition) is 4. The standard InChI is InChI=1S/C13H28O4Si2/c1-8-19(9-2,17-18(6,7)15-5)11-10-16-13(14)12(3)4/h3,8-11H2,1-2,4-7H3. The Labute approximate surface area is 119 Å². The summed E-state index contributed by atoms with van der Waals surface area (Å²) in [6.07, 6.45) is 0. The van der Waals surface area contributed by atoms with Crippen molar-refractivity contribution < 1.29 is 18.1 Å². The number of esters is 1. The molecule has 0 radical (unpaired) electrons. The third-order valence-corrected chi connectivity index (χ3v) is 11.8. The maximum absolute atomic E-state index is 11.4. The van der Waals surface area contributed by atoms with Gasteiger partial charge in [0, 0.05) is 18.7 Å². The Morgan fingerprint density at radius 2 is 1.74 bits per heavy atom. The van der Waals surface area contributed by atoms with E-state index in [2.05, 4.69) is 33.5 Å². The molecule has 0 aromatic carbocycles. The van der Waals surface area contributed by atoms with Crippen LogP contribution in [-0.4, -0.2) is 36.6 Å². The van der Waals surface area contributed by atoms with Crippen molar-refractivity contribution in [3.05, 3.63) is 12.2 Å². The van der Waals surface area contributed by atoms with Gasteiger partial charge in [0.2, 0.25) is 0 Å². The SMILES string of the molecule is C=C(C)C(=O)OCC[Si](CC)(CC)O[Si](C)(C)OC. The molecule has 0 aromatic heterocycles. The zero-order chi connectivity index (χ0) is 15.1. The summed E-state index contributed by atoms with van der Waals surface area (Å²) in [4.78, 5) is 11.4. The first-order valence-electron chi connectivity index (χ1n) is 6.80. The number of carbonyl (C=O) groups is 1.